The van der Waals surface area contributed by atoms with E-state index >= 15 is 4.39 Å². The summed E-state index contributed by atoms with van der Waals surface area (Å²) in [5.41, 5.74) is 2.32. The summed E-state index contributed by atoms with van der Waals surface area (Å²) in [6, 6.07) is 11.9. The van der Waals surface area contributed by atoms with E-state index in [4.69, 9.17) is 26.2 Å². The summed E-state index contributed by atoms with van der Waals surface area (Å²) in [4.78, 5) is 27.0. The van der Waals surface area contributed by atoms with Gasteiger partial charge in [0.05, 0.1) is 28.7 Å². The zero-order chi connectivity index (χ0) is 31.1. The van der Waals surface area contributed by atoms with Crippen LogP contribution in [0.15, 0.2) is 42.5 Å². The summed E-state index contributed by atoms with van der Waals surface area (Å²) in [6.45, 7) is 5.41. The van der Waals surface area contributed by atoms with Crippen LogP contribution in [0.3, 0.4) is 0 Å². The van der Waals surface area contributed by atoms with Gasteiger partial charge in [0.25, 0.3) is 0 Å². The normalized spacial score (nSPS) is 18.7. The summed E-state index contributed by atoms with van der Waals surface area (Å²) in [5, 5.41) is 8.59. The second-order valence-electron chi connectivity index (χ2n) is 13.5. The van der Waals surface area contributed by atoms with Crippen LogP contribution >= 0.6 is 11.6 Å². The summed E-state index contributed by atoms with van der Waals surface area (Å²) >= 11 is 6.21. The first-order chi connectivity index (χ1) is 21.0. The number of benzene rings is 2. The Hall–Kier alpha value is -3.39. The van der Waals surface area contributed by atoms with Gasteiger partial charge in [-0.2, -0.15) is 5.10 Å². The number of aryl methyl sites for hydroxylation is 1. The molecule has 6 rings (SSSR count). The second-order valence-corrected chi connectivity index (χ2v) is 13.9. The summed E-state index contributed by atoms with van der Waals surface area (Å²) in [5.74, 6) is -1.45. The lowest BCUT2D eigenvalue weighted by molar-refractivity contribution is -0.165. The number of fused-ring (bicyclic) bond motifs is 1. The Morgan fingerprint density at radius 3 is 2.39 bits per heavy atom. The van der Waals surface area contributed by atoms with Gasteiger partial charge in [-0.25, -0.2) is 13.9 Å². The SMILES string of the molecule is CC(C)(C)OC(=O)C1(Oc2ccc(NC(=O)C(c3c4c(nn3-c3ccc(Cl)cc3)CCCC4)C3CCCCC3)c(F)c2)CC1. The lowest BCUT2D eigenvalue weighted by Gasteiger charge is -2.31. The fraction of sp³-hybridized carbons (Fsp3) is 0.514. The van der Waals surface area contributed by atoms with Crippen molar-refractivity contribution < 1.29 is 23.5 Å². The van der Waals surface area contributed by atoms with Gasteiger partial charge in [-0.1, -0.05) is 30.9 Å². The fourth-order valence-corrected chi connectivity index (χ4v) is 6.76. The van der Waals surface area contributed by atoms with Crippen LogP contribution in [0.2, 0.25) is 5.02 Å². The molecule has 1 N–H and O–H groups in total. The molecular weight excluding hydrogens is 581 g/mol. The number of halogens is 2. The van der Waals surface area contributed by atoms with E-state index in [1.165, 1.54) is 12.1 Å². The molecule has 2 aromatic carbocycles. The maximum atomic E-state index is 15.5. The smallest absolute Gasteiger partial charge is 0.351 e. The zero-order valence-corrected chi connectivity index (χ0v) is 26.5. The highest BCUT2D eigenvalue weighted by atomic mass is 35.5. The van der Waals surface area contributed by atoms with E-state index in [0.717, 1.165) is 80.4 Å². The molecule has 1 unspecified atom stereocenters. The molecule has 9 heteroatoms. The van der Waals surface area contributed by atoms with E-state index in [2.05, 4.69) is 5.32 Å². The van der Waals surface area contributed by atoms with Crippen LogP contribution < -0.4 is 10.1 Å². The van der Waals surface area contributed by atoms with E-state index < -0.39 is 28.9 Å². The molecule has 1 atom stereocenters. The Kier molecular flexibility index (Phi) is 8.48. The van der Waals surface area contributed by atoms with Crippen LogP contribution in [-0.2, 0) is 27.2 Å². The number of esters is 1. The molecule has 0 bridgehead atoms. The van der Waals surface area contributed by atoms with Crippen molar-refractivity contribution >= 4 is 29.2 Å². The molecule has 7 nitrogen and oxygen atoms in total. The highest BCUT2D eigenvalue weighted by Crippen LogP contribution is 2.44. The molecular formula is C35H41ClFN3O4. The van der Waals surface area contributed by atoms with E-state index in [1.54, 1.807) is 26.8 Å². The van der Waals surface area contributed by atoms with Crippen molar-refractivity contribution in [1.82, 2.24) is 9.78 Å². The van der Waals surface area contributed by atoms with Crippen molar-refractivity contribution in [2.75, 3.05) is 5.32 Å². The molecule has 0 radical (unpaired) electrons. The number of carbonyl (C=O) groups excluding carboxylic acids is 2. The topological polar surface area (TPSA) is 82.4 Å². The summed E-state index contributed by atoms with van der Waals surface area (Å²) < 4.78 is 28.9. The minimum Gasteiger partial charge on any atom is -0.475 e. The van der Waals surface area contributed by atoms with E-state index in [0.29, 0.717) is 17.9 Å². The number of hydrogen-bond donors (Lipinski definition) is 1. The van der Waals surface area contributed by atoms with E-state index in [-0.39, 0.29) is 23.3 Å². The minimum atomic E-state index is -1.09. The van der Waals surface area contributed by atoms with Gasteiger partial charge in [0.15, 0.2) is 0 Å². The van der Waals surface area contributed by atoms with Crippen molar-refractivity contribution in [2.24, 2.45) is 5.92 Å². The predicted molar refractivity (Wildman–Crippen MR) is 168 cm³/mol. The Balaban J connectivity index is 1.29. The number of carbonyl (C=O) groups is 2. The third kappa shape index (κ3) is 6.51. The molecule has 44 heavy (non-hydrogen) atoms. The molecule has 0 aliphatic heterocycles. The van der Waals surface area contributed by atoms with Crippen molar-refractivity contribution in [1.29, 1.82) is 0 Å². The zero-order valence-electron chi connectivity index (χ0n) is 25.8. The van der Waals surface area contributed by atoms with Crippen molar-refractivity contribution in [3.8, 4) is 11.4 Å². The van der Waals surface area contributed by atoms with E-state index in [9.17, 15) is 9.59 Å². The minimum absolute atomic E-state index is 0.0803. The van der Waals surface area contributed by atoms with Gasteiger partial charge in [-0.15, -0.1) is 0 Å². The van der Waals surface area contributed by atoms with Crippen LogP contribution in [0.1, 0.15) is 101 Å². The number of aromatic nitrogens is 2. The van der Waals surface area contributed by atoms with Gasteiger partial charge in [0.1, 0.15) is 17.2 Å². The van der Waals surface area contributed by atoms with Crippen LogP contribution in [0.4, 0.5) is 10.1 Å². The first-order valence-electron chi connectivity index (χ1n) is 15.9. The molecule has 234 valence electrons. The number of rotatable bonds is 8. The maximum Gasteiger partial charge on any atom is 0.351 e. The largest absolute Gasteiger partial charge is 0.475 e. The average molecular weight is 622 g/mol. The molecule has 0 spiro atoms. The van der Waals surface area contributed by atoms with Gasteiger partial charge in [0.2, 0.25) is 11.5 Å². The van der Waals surface area contributed by atoms with Gasteiger partial charge in [0, 0.05) is 23.9 Å². The summed E-state index contributed by atoms with van der Waals surface area (Å²) in [6.07, 6.45) is 10.0. The highest BCUT2D eigenvalue weighted by molar-refractivity contribution is 6.30. The first-order valence-corrected chi connectivity index (χ1v) is 16.3. The number of ether oxygens (including phenoxy) is 2. The quantitative estimate of drug-likeness (QED) is 0.257. The molecule has 1 heterocycles. The second kappa shape index (κ2) is 12.2. The van der Waals surface area contributed by atoms with Crippen molar-refractivity contribution in [3.05, 3.63) is 70.3 Å². The van der Waals surface area contributed by atoms with Crippen LogP contribution in [0.5, 0.6) is 5.75 Å². The van der Waals surface area contributed by atoms with Crippen LogP contribution in [0, 0.1) is 11.7 Å². The monoisotopic (exact) mass is 621 g/mol. The number of anilines is 1. The number of nitrogens with zero attached hydrogens (tertiary/aromatic N) is 2. The molecule has 3 aliphatic carbocycles. The predicted octanol–water partition coefficient (Wildman–Crippen LogP) is 8.10. The molecule has 2 saturated carbocycles. The Morgan fingerprint density at radius 2 is 1.73 bits per heavy atom. The van der Waals surface area contributed by atoms with Crippen molar-refractivity contribution in [3.63, 3.8) is 0 Å². The Labute approximate surface area is 263 Å². The Morgan fingerprint density at radius 1 is 1.02 bits per heavy atom. The number of amides is 1. The average Bonchev–Trinajstić information content (AvgIpc) is 3.68. The fourth-order valence-electron chi connectivity index (χ4n) is 6.63. The van der Waals surface area contributed by atoms with Gasteiger partial charge in [-0.05, 0) is 107 Å². The molecule has 2 fully saturated rings. The highest BCUT2D eigenvalue weighted by Gasteiger charge is 2.55. The summed E-state index contributed by atoms with van der Waals surface area (Å²) in [7, 11) is 0. The Bertz CT molecular complexity index is 1530. The van der Waals surface area contributed by atoms with Gasteiger partial charge in [-0.3, -0.25) is 4.79 Å². The number of hydrogen-bond acceptors (Lipinski definition) is 5. The maximum absolute atomic E-state index is 15.5. The third-order valence-electron chi connectivity index (χ3n) is 8.95. The molecule has 3 aromatic rings. The standard InChI is InChI=1S/C35H41ClFN3O4/c1-34(2,3)44-33(42)35(19-20-35)43-25-17-18-29(27(37)21-25)38-32(41)30(22-9-5-4-6-10-22)31-26-11-7-8-12-28(26)39-40(31)24-15-13-23(36)14-16-24/h13-18,21-22,30H,4-12,19-20H2,1-3H3,(H,38,41). The molecule has 1 aromatic heterocycles. The third-order valence-corrected chi connectivity index (χ3v) is 9.20. The number of nitrogens with one attached hydrogen (secondary N) is 1. The van der Waals surface area contributed by atoms with E-state index in [1.807, 2.05) is 28.9 Å². The lowest BCUT2D eigenvalue weighted by Crippen LogP contribution is -2.37. The lowest BCUT2D eigenvalue weighted by atomic mass is 9.76. The van der Waals surface area contributed by atoms with Gasteiger partial charge >= 0.3 is 5.97 Å². The molecule has 1 amide bonds. The van der Waals surface area contributed by atoms with Crippen LogP contribution in [-0.4, -0.2) is 32.9 Å². The van der Waals surface area contributed by atoms with Crippen molar-refractivity contribution in [2.45, 2.75) is 109 Å². The molecule has 3 aliphatic rings. The van der Waals surface area contributed by atoms with Gasteiger partial charge < -0.3 is 14.8 Å². The van der Waals surface area contributed by atoms with Crippen LogP contribution in [0.25, 0.3) is 5.69 Å². The molecule has 0 saturated heterocycles. The first kappa shape index (κ1) is 30.6.